The Labute approximate surface area is 298 Å². The van der Waals surface area contributed by atoms with Gasteiger partial charge in [0.25, 0.3) is 5.91 Å². The Kier molecular flexibility index (Phi) is 11.2. The third kappa shape index (κ3) is 8.66. The molecule has 1 aromatic heterocycles. The molecule has 268 valence electrons. The quantitative estimate of drug-likeness (QED) is 0.195. The first-order valence-corrected chi connectivity index (χ1v) is 17.4. The summed E-state index contributed by atoms with van der Waals surface area (Å²) >= 11 is 6.12. The van der Waals surface area contributed by atoms with E-state index in [0.717, 1.165) is 76.1 Å². The zero-order chi connectivity index (χ0) is 36.1. The van der Waals surface area contributed by atoms with Crippen molar-refractivity contribution in [1.29, 1.82) is 5.26 Å². The number of carbonyl (C=O) groups excluding carboxylic acids is 1. The summed E-state index contributed by atoms with van der Waals surface area (Å²) in [6, 6.07) is 9.49. The number of rotatable bonds is 12. The van der Waals surface area contributed by atoms with E-state index in [2.05, 4.69) is 25.5 Å². The summed E-state index contributed by atoms with van der Waals surface area (Å²) in [5, 5.41) is 34.5. The number of halogens is 2. The molecule has 1 aliphatic heterocycles. The van der Waals surface area contributed by atoms with E-state index in [4.69, 9.17) is 31.4 Å². The number of aromatic nitrogens is 2. The lowest BCUT2D eigenvalue weighted by Gasteiger charge is -2.38. The van der Waals surface area contributed by atoms with Crippen LogP contribution in [0.1, 0.15) is 88.1 Å². The van der Waals surface area contributed by atoms with Gasteiger partial charge >= 0.3 is 11.9 Å². The topological polar surface area (TPSA) is 187 Å². The minimum Gasteiger partial charge on any atom is -0.490 e. The number of amides is 1. The lowest BCUT2D eigenvalue weighted by Crippen LogP contribution is -2.49. The third-order valence-corrected chi connectivity index (χ3v) is 10.1. The number of nitrogens with one attached hydrogen (secondary N) is 2. The fraction of sp³-hybridized carbons (Fsp3) is 0.444. The molecule has 13 nitrogen and oxygen atoms in total. The summed E-state index contributed by atoms with van der Waals surface area (Å²) in [7, 11) is 0. The number of ether oxygens (including phenoxy) is 2. The van der Waals surface area contributed by atoms with Crippen molar-refractivity contribution in [2.45, 2.75) is 75.7 Å². The van der Waals surface area contributed by atoms with Crippen molar-refractivity contribution in [2.24, 2.45) is 5.92 Å². The largest absolute Gasteiger partial charge is 0.490 e. The maximum absolute atomic E-state index is 14.7. The highest BCUT2D eigenvalue weighted by molar-refractivity contribution is 6.31. The van der Waals surface area contributed by atoms with Crippen LogP contribution in [0.5, 0.6) is 11.5 Å². The van der Waals surface area contributed by atoms with Gasteiger partial charge in [-0.1, -0.05) is 11.6 Å². The van der Waals surface area contributed by atoms with Gasteiger partial charge in [0, 0.05) is 31.2 Å². The standard InChI is InChI=1S/C36H38ClFN6O7/c37-28-15-25(4-1-21(28)16-39)50-24-5-2-22(3-6-24)43-34(45)29-18-42-31(19-41-29)44-11-9-20(10-12-44)17-40-23-13-26(14-23)51-30-8-7-27(35(46)47)32(33(30)38)36(48)49/h1,4,7-8,15,18-20,22-24,26,40H,2-3,5-6,9-14,17H2,(H,43,45)(H,46,47)(H,48,49)/t22-,23-,24-,26-. The number of hydrogen-bond donors (Lipinski definition) is 4. The van der Waals surface area contributed by atoms with E-state index >= 15 is 0 Å². The number of nitrogens with zero attached hydrogens (tertiary/aromatic N) is 4. The van der Waals surface area contributed by atoms with E-state index in [1.54, 1.807) is 24.4 Å². The molecular weight excluding hydrogens is 683 g/mol. The zero-order valence-corrected chi connectivity index (χ0v) is 28.4. The number of carbonyl (C=O) groups is 3. The molecule has 4 N–H and O–H groups in total. The van der Waals surface area contributed by atoms with Crippen molar-refractivity contribution >= 4 is 35.3 Å². The van der Waals surface area contributed by atoms with Crippen LogP contribution in [-0.2, 0) is 0 Å². The van der Waals surface area contributed by atoms with E-state index in [-0.39, 0.29) is 41.6 Å². The van der Waals surface area contributed by atoms with Gasteiger partial charge in [-0.05, 0) is 88.1 Å². The van der Waals surface area contributed by atoms with Gasteiger partial charge < -0.3 is 35.2 Å². The van der Waals surface area contributed by atoms with Crippen molar-refractivity contribution in [3.63, 3.8) is 0 Å². The molecule has 0 bridgehead atoms. The number of benzene rings is 2. The van der Waals surface area contributed by atoms with Crippen LogP contribution in [0.2, 0.25) is 5.02 Å². The molecule has 3 fully saturated rings. The molecule has 51 heavy (non-hydrogen) atoms. The molecule has 1 saturated heterocycles. The fourth-order valence-electron chi connectivity index (χ4n) is 6.78. The lowest BCUT2D eigenvalue weighted by atomic mass is 9.88. The average molecular weight is 721 g/mol. The van der Waals surface area contributed by atoms with E-state index in [1.807, 2.05) is 6.07 Å². The predicted molar refractivity (Wildman–Crippen MR) is 183 cm³/mol. The van der Waals surface area contributed by atoms with Gasteiger partial charge in [-0.15, -0.1) is 0 Å². The van der Waals surface area contributed by atoms with E-state index in [9.17, 15) is 23.9 Å². The number of carboxylic acid groups (broad SMARTS) is 2. The minimum atomic E-state index is -1.66. The van der Waals surface area contributed by atoms with E-state index < -0.39 is 28.9 Å². The van der Waals surface area contributed by atoms with Gasteiger partial charge in [-0.3, -0.25) is 4.79 Å². The lowest BCUT2D eigenvalue weighted by molar-refractivity contribution is 0.0636. The van der Waals surface area contributed by atoms with Crippen LogP contribution < -0.4 is 25.0 Å². The Morgan fingerprint density at radius 1 is 0.941 bits per heavy atom. The van der Waals surface area contributed by atoms with Gasteiger partial charge in [0.15, 0.2) is 11.6 Å². The normalized spacial score (nSPS) is 21.9. The molecule has 2 aliphatic carbocycles. The van der Waals surface area contributed by atoms with Crippen LogP contribution in [-0.4, -0.2) is 82.0 Å². The van der Waals surface area contributed by atoms with E-state index in [0.29, 0.717) is 35.1 Å². The van der Waals surface area contributed by atoms with Gasteiger partial charge in [0.1, 0.15) is 35.0 Å². The zero-order valence-electron chi connectivity index (χ0n) is 27.7. The monoisotopic (exact) mass is 720 g/mol. The molecule has 2 heterocycles. The third-order valence-electron chi connectivity index (χ3n) is 9.82. The van der Waals surface area contributed by atoms with Crippen molar-refractivity contribution in [3.8, 4) is 17.6 Å². The van der Waals surface area contributed by atoms with Crippen molar-refractivity contribution < 1.29 is 38.5 Å². The van der Waals surface area contributed by atoms with E-state index in [1.165, 1.54) is 6.20 Å². The van der Waals surface area contributed by atoms with Crippen molar-refractivity contribution in [2.75, 3.05) is 24.5 Å². The summed E-state index contributed by atoms with van der Waals surface area (Å²) < 4.78 is 26.4. The smallest absolute Gasteiger partial charge is 0.339 e. The molecule has 1 amide bonds. The maximum atomic E-state index is 14.7. The van der Waals surface area contributed by atoms with Gasteiger partial charge in [-0.25, -0.2) is 23.9 Å². The Morgan fingerprint density at radius 3 is 2.31 bits per heavy atom. The molecule has 3 aromatic rings. The number of carboxylic acids is 2. The molecule has 6 rings (SSSR count). The second kappa shape index (κ2) is 15.9. The molecular formula is C36H38ClFN6O7. The fourth-order valence-corrected chi connectivity index (χ4v) is 6.99. The Morgan fingerprint density at radius 2 is 1.69 bits per heavy atom. The average Bonchev–Trinajstić information content (AvgIpc) is 3.10. The Hall–Kier alpha value is -5.00. The molecule has 2 aromatic carbocycles. The molecule has 15 heteroatoms. The highest BCUT2D eigenvalue weighted by Crippen LogP contribution is 2.32. The molecule has 2 saturated carbocycles. The van der Waals surface area contributed by atoms with Crippen LogP contribution >= 0.6 is 11.6 Å². The number of nitriles is 1. The number of anilines is 1. The number of hydrogen-bond acceptors (Lipinski definition) is 10. The molecule has 0 spiro atoms. The van der Waals surface area contributed by atoms with Crippen LogP contribution in [0.25, 0.3) is 0 Å². The summed E-state index contributed by atoms with van der Waals surface area (Å²) in [6.07, 6.45) is 9.13. The highest BCUT2D eigenvalue weighted by Gasteiger charge is 2.34. The first-order chi connectivity index (χ1) is 24.6. The second-order valence-electron chi connectivity index (χ2n) is 13.2. The van der Waals surface area contributed by atoms with Crippen molar-refractivity contribution in [3.05, 3.63) is 75.9 Å². The van der Waals surface area contributed by atoms with Gasteiger partial charge in [0.2, 0.25) is 0 Å². The number of aromatic carboxylic acids is 2. The highest BCUT2D eigenvalue weighted by atomic mass is 35.5. The van der Waals surface area contributed by atoms with Crippen LogP contribution in [0.4, 0.5) is 10.2 Å². The number of piperidine rings is 1. The van der Waals surface area contributed by atoms with Crippen LogP contribution in [0.3, 0.4) is 0 Å². The van der Waals surface area contributed by atoms with Crippen LogP contribution in [0, 0.1) is 23.1 Å². The molecule has 3 aliphatic rings. The van der Waals surface area contributed by atoms with Crippen LogP contribution in [0.15, 0.2) is 42.7 Å². The summed E-state index contributed by atoms with van der Waals surface area (Å²) in [4.78, 5) is 46.7. The Bertz CT molecular complexity index is 1800. The van der Waals surface area contributed by atoms with Gasteiger partial charge in [0.05, 0.1) is 34.6 Å². The second-order valence-corrected chi connectivity index (χ2v) is 13.6. The molecule has 0 radical (unpaired) electrons. The van der Waals surface area contributed by atoms with Crippen molar-refractivity contribution in [1.82, 2.24) is 20.6 Å². The first kappa shape index (κ1) is 35.8. The first-order valence-electron chi connectivity index (χ1n) is 17.0. The Balaban J connectivity index is 0.877. The summed E-state index contributed by atoms with van der Waals surface area (Å²) in [5.74, 6) is -3.06. The SMILES string of the molecule is N#Cc1ccc(O[C@H]2CC[C@H](NC(=O)c3cnc(N4CCC(CN[C@H]5C[C@H](Oc6ccc(C(=O)O)c(C(=O)O)c6F)C5)CC4)cn3)CC2)cc1Cl. The summed E-state index contributed by atoms with van der Waals surface area (Å²) in [6.45, 7) is 2.43. The minimum absolute atomic E-state index is 0.00844. The van der Waals surface area contributed by atoms with Gasteiger partial charge in [-0.2, -0.15) is 5.26 Å². The maximum Gasteiger partial charge on any atom is 0.339 e. The summed E-state index contributed by atoms with van der Waals surface area (Å²) in [5.41, 5.74) is -0.848. The molecule has 0 atom stereocenters. The predicted octanol–water partition coefficient (Wildman–Crippen LogP) is 5.07. The molecule has 0 unspecified atom stereocenters.